The van der Waals surface area contributed by atoms with Crippen molar-refractivity contribution < 1.29 is 13.6 Å². The molecule has 1 aromatic heterocycles. The minimum atomic E-state index is -1.06. The summed E-state index contributed by atoms with van der Waals surface area (Å²) in [6, 6.07) is 3.95. The Morgan fingerprint density at radius 3 is 2.63 bits per heavy atom. The molecule has 0 aliphatic carbocycles. The highest BCUT2D eigenvalue weighted by atomic mass is 79.9. The maximum atomic E-state index is 13.4. The van der Waals surface area contributed by atoms with E-state index in [2.05, 4.69) is 36.8 Å². The molecule has 0 atom stereocenters. The Hall–Kier alpha value is -1.14. The molecule has 0 unspecified atom stereocenters. The average molecular weight is 391 g/mol. The predicted octanol–water partition coefficient (Wildman–Crippen LogP) is 4.31. The Kier molecular flexibility index (Phi) is 4.42. The fourth-order valence-electron chi connectivity index (χ4n) is 1.57. The molecular weight excluding hydrogens is 384 g/mol. The molecular formula is C13H7Br2F2NO. The molecule has 1 heterocycles. The van der Waals surface area contributed by atoms with Crippen LogP contribution in [-0.2, 0) is 6.42 Å². The second-order valence-electron chi connectivity index (χ2n) is 3.83. The number of pyridine rings is 1. The summed E-state index contributed by atoms with van der Waals surface area (Å²) in [7, 11) is 0. The Balaban J connectivity index is 2.28. The minimum Gasteiger partial charge on any atom is -0.294 e. The van der Waals surface area contributed by atoms with Gasteiger partial charge in [-0.05, 0) is 55.6 Å². The van der Waals surface area contributed by atoms with Gasteiger partial charge in [-0.15, -0.1) is 0 Å². The number of Topliss-reactive ketones (excluding diaryl/α,β-unsaturated/α-hetero) is 1. The number of benzene rings is 1. The molecule has 2 nitrogen and oxygen atoms in total. The molecule has 0 bridgehead atoms. The van der Waals surface area contributed by atoms with Crippen LogP contribution in [0.4, 0.5) is 8.78 Å². The first-order chi connectivity index (χ1) is 8.99. The van der Waals surface area contributed by atoms with Crippen LogP contribution in [0.2, 0.25) is 0 Å². The van der Waals surface area contributed by atoms with Gasteiger partial charge in [0.2, 0.25) is 0 Å². The van der Waals surface area contributed by atoms with E-state index in [9.17, 15) is 13.6 Å². The van der Waals surface area contributed by atoms with Gasteiger partial charge in [-0.25, -0.2) is 8.78 Å². The highest BCUT2D eigenvalue weighted by Gasteiger charge is 2.17. The van der Waals surface area contributed by atoms with Crippen LogP contribution in [0.1, 0.15) is 15.9 Å². The Morgan fingerprint density at radius 2 is 1.95 bits per heavy atom. The van der Waals surface area contributed by atoms with Crippen LogP contribution in [0.5, 0.6) is 0 Å². The van der Waals surface area contributed by atoms with E-state index in [1.807, 2.05) is 0 Å². The zero-order valence-corrected chi connectivity index (χ0v) is 12.6. The van der Waals surface area contributed by atoms with Gasteiger partial charge in [-0.2, -0.15) is 0 Å². The van der Waals surface area contributed by atoms with Crippen molar-refractivity contribution in [1.29, 1.82) is 0 Å². The van der Waals surface area contributed by atoms with Crippen LogP contribution < -0.4 is 0 Å². The number of carbonyl (C=O) groups is 1. The Labute approximate surface area is 125 Å². The topological polar surface area (TPSA) is 30.0 Å². The quantitative estimate of drug-likeness (QED) is 0.577. The van der Waals surface area contributed by atoms with Crippen molar-refractivity contribution >= 4 is 37.6 Å². The maximum Gasteiger partial charge on any atom is 0.173 e. The Bertz CT molecular complexity index is 647. The van der Waals surface area contributed by atoms with Crippen molar-refractivity contribution in [2.45, 2.75) is 6.42 Å². The molecule has 0 saturated heterocycles. The van der Waals surface area contributed by atoms with Crippen molar-refractivity contribution in [1.82, 2.24) is 4.98 Å². The molecule has 0 spiro atoms. The number of halogens is 4. The van der Waals surface area contributed by atoms with E-state index < -0.39 is 11.6 Å². The van der Waals surface area contributed by atoms with Crippen molar-refractivity contribution in [2.24, 2.45) is 0 Å². The second-order valence-corrected chi connectivity index (χ2v) is 5.54. The third-order valence-corrected chi connectivity index (χ3v) is 3.67. The molecule has 1 aromatic carbocycles. The summed E-state index contributed by atoms with van der Waals surface area (Å²) >= 11 is 6.15. The number of rotatable bonds is 3. The largest absolute Gasteiger partial charge is 0.294 e. The molecule has 2 rings (SSSR count). The molecule has 19 heavy (non-hydrogen) atoms. The van der Waals surface area contributed by atoms with Gasteiger partial charge in [-0.3, -0.25) is 9.78 Å². The van der Waals surface area contributed by atoms with Gasteiger partial charge in [0.15, 0.2) is 17.4 Å². The van der Waals surface area contributed by atoms with E-state index >= 15 is 0 Å². The van der Waals surface area contributed by atoms with Crippen LogP contribution in [-0.4, -0.2) is 10.8 Å². The standard InChI is InChI=1S/C13H7Br2F2NO/c14-8-3-7(5-18-6-8)4-11(19)9-1-2-10(16)13(17)12(9)15/h1-3,5-6H,4H2. The summed E-state index contributed by atoms with van der Waals surface area (Å²) in [4.78, 5) is 16.0. The lowest BCUT2D eigenvalue weighted by molar-refractivity contribution is 0.0991. The van der Waals surface area contributed by atoms with E-state index in [1.54, 1.807) is 18.5 Å². The van der Waals surface area contributed by atoms with Crippen LogP contribution in [0.15, 0.2) is 39.5 Å². The first-order valence-corrected chi connectivity index (χ1v) is 6.83. The van der Waals surface area contributed by atoms with Crippen LogP contribution in [0, 0.1) is 11.6 Å². The number of hydrogen-bond donors (Lipinski definition) is 0. The van der Waals surface area contributed by atoms with Crippen molar-refractivity contribution in [2.75, 3.05) is 0 Å². The average Bonchev–Trinajstić information content (AvgIpc) is 2.36. The fraction of sp³-hybridized carbons (Fsp3) is 0.0769. The lowest BCUT2D eigenvalue weighted by atomic mass is 10.0. The second kappa shape index (κ2) is 5.88. The van der Waals surface area contributed by atoms with Crippen molar-refractivity contribution in [3.05, 3.63) is 62.3 Å². The van der Waals surface area contributed by atoms with Crippen LogP contribution >= 0.6 is 31.9 Å². The van der Waals surface area contributed by atoms with Gasteiger partial charge in [0.05, 0.1) is 4.47 Å². The molecule has 0 saturated carbocycles. The molecule has 0 aliphatic heterocycles. The van der Waals surface area contributed by atoms with Crippen molar-refractivity contribution in [3.8, 4) is 0 Å². The summed E-state index contributed by atoms with van der Waals surface area (Å²) in [6.45, 7) is 0. The number of nitrogens with zero attached hydrogens (tertiary/aromatic N) is 1. The molecule has 0 aliphatic rings. The third kappa shape index (κ3) is 3.25. The summed E-state index contributed by atoms with van der Waals surface area (Å²) in [5, 5.41) is 0. The van der Waals surface area contributed by atoms with E-state index in [1.165, 1.54) is 6.07 Å². The summed E-state index contributed by atoms with van der Waals surface area (Å²) in [5.74, 6) is -2.36. The van der Waals surface area contributed by atoms with Gasteiger partial charge in [0.25, 0.3) is 0 Å². The summed E-state index contributed by atoms with van der Waals surface area (Å²) < 4.78 is 26.9. The lowest BCUT2D eigenvalue weighted by Crippen LogP contribution is -2.06. The van der Waals surface area contributed by atoms with Gasteiger partial charge < -0.3 is 0 Å². The van der Waals surface area contributed by atoms with Gasteiger partial charge >= 0.3 is 0 Å². The number of carbonyl (C=O) groups excluding carboxylic acids is 1. The molecule has 2 aromatic rings. The highest BCUT2D eigenvalue weighted by molar-refractivity contribution is 9.10. The first-order valence-electron chi connectivity index (χ1n) is 5.25. The molecule has 0 fully saturated rings. The fourth-order valence-corrected chi connectivity index (χ4v) is 2.53. The summed E-state index contributed by atoms with van der Waals surface area (Å²) in [6.07, 6.45) is 3.22. The normalized spacial score (nSPS) is 10.5. The van der Waals surface area contributed by atoms with Crippen LogP contribution in [0.3, 0.4) is 0 Å². The SMILES string of the molecule is O=C(Cc1cncc(Br)c1)c1ccc(F)c(F)c1Br. The first kappa shape index (κ1) is 14.3. The van der Waals surface area contributed by atoms with Crippen LogP contribution in [0.25, 0.3) is 0 Å². The number of ketones is 1. The molecule has 0 radical (unpaired) electrons. The van der Waals surface area contributed by atoms with E-state index in [4.69, 9.17) is 0 Å². The van der Waals surface area contributed by atoms with E-state index in [0.717, 1.165) is 10.5 Å². The zero-order chi connectivity index (χ0) is 14.0. The maximum absolute atomic E-state index is 13.4. The Morgan fingerprint density at radius 1 is 1.21 bits per heavy atom. The number of hydrogen-bond acceptors (Lipinski definition) is 2. The smallest absolute Gasteiger partial charge is 0.173 e. The summed E-state index contributed by atoms with van der Waals surface area (Å²) in [5.41, 5.74) is 0.801. The molecule has 98 valence electrons. The molecule has 6 heteroatoms. The van der Waals surface area contributed by atoms with Gasteiger partial charge in [-0.1, -0.05) is 0 Å². The zero-order valence-electron chi connectivity index (χ0n) is 9.46. The highest BCUT2D eigenvalue weighted by Crippen LogP contribution is 2.24. The third-order valence-electron chi connectivity index (χ3n) is 2.46. The van der Waals surface area contributed by atoms with Gasteiger partial charge in [0.1, 0.15) is 0 Å². The van der Waals surface area contributed by atoms with E-state index in [0.29, 0.717) is 5.56 Å². The van der Waals surface area contributed by atoms with E-state index in [-0.39, 0.29) is 22.2 Å². The molecule has 0 N–H and O–H groups in total. The lowest BCUT2D eigenvalue weighted by Gasteiger charge is -2.05. The van der Waals surface area contributed by atoms with Gasteiger partial charge in [0, 0.05) is 28.9 Å². The minimum absolute atomic E-state index is 0.0656. The van der Waals surface area contributed by atoms with Crippen molar-refractivity contribution in [3.63, 3.8) is 0 Å². The number of aromatic nitrogens is 1. The monoisotopic (exact) mass is 389 g/mol. The predicted molar refractivity (Wildman–Crippen MR) is 74.0 cm³/mol. The molecule has 0 amide bonds.